The molecule has 0 aliphatic carbocycles. The van der Waals surface area contributed by atoms with Crippen molar-refractivity contribution in [2.24, 2.45) is 0 Å². The molecule has 0 saturated carbocycles. The predicted octanol–water partition coefficient (Wildman–Crippen LogP) is 1.31. The third-order valence-electron chi connectivity index (χ3n) is 2.32. The maximum absolute atomic E-state index is 4.00. The van der Waals surface area contributed by atoms with Gasteiger partial charge < -0.3 is 9.97 Å². The van der Waals surface area contributed by atoms with Crippen LogP contribution in [-0.4, -0.2) is 34.9 Å². The van der Waals surface area contributed by atoms with Gasteiger partial charge in [-0.25, -0.2) is 24.9 Å². The smallest absolute Gasteiger partial charge is 0.180 e. The SMILES string of the molecule is c1ncc2[nH]ccc2n1.c1ncc2[nH]cnc2n1. The summed E-state index contributed by atoms with van der Waals surface area (Å²) in [5.74, 6) is 0. The van der Waals surface area contributed by atoms with Crippen LogP contribution >= 0.6 is 0 Å². The van der Waals surface area contributed by atoms with Crippen molar-refractivity contribution in [1.82, 2.24) is 34.9 Å². The Hall–Kier alpha value is -2.83. The van der Waals surface area contributed by atoms with Gasteiger partial charge >= 0.3 is 0 Å². The molecule has 4 aromatic heterocycles. The molecule has 4 rings (SSSR count). The molecule has 88 valence electrons. The van der Waals surface area contributed by atoms with Gasteiger partial charge in [0.1, 0.15) is 18.2 Å². The van der Waals surface area contributed by atoms with Gasteiger partial charge in [-0.3, -0.25) is 0 Å². The van der Waals surface area contributed by atoms with Crippen molar-refractivity contribution in [2.45, 2.75) is 0 Å². The largest absolute Gasteiger partial charge is 0.359 e. The first-order chi connectivity index (χ1) is 8.93. The molecule has 0 radical (unpaired) electrons. The quantitative estimate of drug-likeness (QED) is 0.482. The van der Waals surface area contributed by atoms with E-state index < -0.39 is 0 Å². The monoisotopic (exact) mass is 239 g/mol. The van der Waals surface area contributed by atoms with Crippen LogP contribution in [-0.2, 0) is 0 Å². The van der Waals surface area contributed by atoms with Crippen LogP contribution < -0.4 is 0 Å². The Morgan fingerprint density at radius 3 is 2.50 bits per heavy atom. The van der Waals surface area contributed by atoms with Crippen LogP contribution in [0.1, 0.15) is 0 Å². The minimum Gasteiger partial charge on any atom is -0.359 e. The number of hydrogen-bond acceptors (Lipinski definition) is 5. The zero-order chi connectivity index (χ0) is 12.2. The summed E-state index contributed by atoms with van der Waals surface area (Å²) in [5.41, 5.74) is 3.53. The highest BCUT2D eigenvalue weighted by Crippen LogP contribution is 2.03. The van der Waals surface area contributed by atoms with Crippen molar-refractivity contribution in [2.75, 3.05) is 0 Å². The van der Waals surface area contributed by atoms with Gasteiger partial charge in [-0.15, -0.1) is 0 Å². The summed E-state index contributed by atoms with van der Waals surface area (Å²) in [6, 6.07) is 1.91. The minimum atomic E-state index is 0.713. The van der Waals surface area contributed by atoms with Crippen molar-refractivity contribution < 1.29 is 0 Å². The molecule has 0 aliphatic rings. The topological polar surface area (TPSA) is 96.0 Å². The van der Waals surface area contributed by atoms with Gasteiger partial charge in [-0.1, -0.05) is 0 Å². The Morgan fingerprint density at radius 2 is 1.67 bits per heavy atom. The summed E-state index contributed by atoms with van der Waals surface area (Å²) in [6.07, 6.45) is 9.90. The van der Waals surface area contributed by atoms with E-state index in [0.717, 1.165) is 16.6 Å². The number of aromatic amines is 2. The van der Waals surface area contributed by atoms with Crippen molar-refractivity contribution in [3.8, 4) is 0 Å². The van der Waals surface area contributed by atoms with Crippen molar-refractivity contribution in [3.05, 3.63) is 43.6 Å². The van der Waals surface area contributed by atoms with E-state index >= 15 is 0 Å². The van der Waals surface area contributed by atoms with Crippen molar-refractivity contribution >= 4 is 22.2 Å². The molecule has 18 heavy (non-hydrogen) atoms. The molecule has 4 aromatic rings. The van der Waals surface area contributed by atoms with Gasteiger partial charge in [-0.2, -0.15) is 0 Å². The van der Waals surface area contributed by atoms with Crippen LogP contribution in [0.5, 0.6) is 0 Å². The minimum absolute atomic E-state index is 0.713. The van der Waals surface area contributed by atoms with E-state index in [2.05, 4.69) is 34.9 Å². The average molecular weight is 239 g/mol. The molecule has 0 amide bonds. The van der Waals surface area contributed by atoms with E-state index in [1.165, 1.54) is 12.7 Å². The third kappa shape index (κ3) is 2.01. The summed E-state index contributed by atoms with van der Waals surface area (Å²) in [4.78, 5) is 25.3. The fourth-order valence-electron chi connectivity index (χ4n) is 1.48. The predicted molar refractivity (Wildman–Crippen MR) is 65.6 cm³/mol. The molecule has 0 unspecified atom stereocenters. The standard InChI is InChI=1S/C6H5N3.C5H4N4/c1-2-8-6-3-7-4-9-5(1)6;1-4-5(8-2-6-1)9-3-7-4/h1-4,8H;1-3H,(H,6,7,8,9). The van der Waals surface area contributed by atoms with Crippen LogP contribution in [0.4, 0.5) is 0 Å². The summed E-state index contributed by atoms with van der Waals surface area (Å²) in [6.45, 7) is 0. The number of aromatic nitrogens is 7. The van der Waals surface area contributed by atoms with Crippen LogP contribution in [0.3, 0.4) is 0 Å². The molecule has 0 bridgehead atoms. The lowest BCUT2D eigenvalue weighted by Gasteiger charge is -1.82. The second-order valence-corrected chi connectivity index (χ2v) is 3.46. The van der Waals surface area contributed by atoms with Gasteiger partial charge in [-0.05, 0) is 6.07 Å². The van der Waals surface area contributed by atoms with Crippen LogP contribution in [0.2, 0.25) is 0 Å². The maximum atomic E-state index is 4.00. The van der Waals surface area contributed by atoms with E-state index in [9.17, 15) is 0 Å². The first-order valence-corrected chi connectivity index (χ1v) is 5.25. The van der Waals surface area contributed by atoms with Crippen molar-refractivity contribution in [3.63, 3.8) is 0 Å². The third-order valence-corrected chi connectivity index (χ3v) is 2.32. The Bertz CT molecular complexity index is 631. The van der Waals surface area contributed by atoms with Gasteiger partial charge in [0, 0.05) is 6.20 Å². The van der Waals surface area contributed by atoms with E-state index in [1.54, 1.807) is 18.7 Å². The number of H-pyrrole nitrogens is 2. The number of nitrogens with one attached hydrogen (secondary N) is 2. The van der Waals surface area contributed by atoms with Gasteiger partial charge in [0.15, 0.2) is 5.65 Å². The molecular formula is C11H9N7. The Morgan fingerprint density at radius 1 is 0.833 bits per heavy atom. The normalized spacial score (nSPS) is 10.2. The number of imidazole rings is 1. The Labute approximate surface area is 101 Å². The first-order valence-electron chi connectivity index (χ1n) is 5.25. The van der Waals surface area contributed by atoms with Crippen molar-refractivity contribution in [1.29, 1.82) is 0 Å². The zero-order valence-corrected chi connectivity index (χ0v) is 9.28. The molecule has 0 saturated heterocycles. The lowest BCUT2D eigenvalue weighted by atomic mass is 10.5. The molecule has 7 nitrogen and oxygen atoms in total. The first kappa shape index (κ1) is 10.3. The van der Waals surface area contributed by atoms with E-state index in [0.29, 0.717) is 5.65 Å². The molecule has 0 fully saturated rings. The van der Waals surface area contributed by atoms with Gasteiger partial charge in [0.25, 0.3) is 0 Å². The van der Waals surface area contributed by atoms with Crippen LogP contribution in [0, 0.1) is 0 Å². The number of nitrogens with zero attached hydrogens (tertiary/aromatic N) is 5. The molecule has 4 heterocycles. The Kier molecular flexibility index (Phi) is 2.63. The highest BCUT2D eigenvalue weighted by Gasteiger charge is 1.91. The molecule has 0 aliphatic heterocycles. The van der Waals surface area contributed by atoms with E-state index in [-0.39, 0.29) is 0 Å². The fraction of sp³-hybridized carbons (Fsp3) is 0. The summed E-state index contributed by atoms with van der Waals surface area (Å²) in [5, 5.41) is 0. The second-order valence-electron chi connectivity index (χ2n) is 3.46. The van der Waals surface area contributed by atoms with Gasteiger partial charge in [0.2, 0.25) is 0 Å². The molecule has 0 atom stereocenters. The Balaban J connectivity index is 0.000000111. The lowest BCUT2D eigenvalue weighted by Crippen LogP contribution is -1.76. The average Bonchev–Trinajstić information content (AvgIpc) is 3.08. The lowest BCUT2D eigenvalue weighted by molar-refractivity contribution is 1.20. The van der Waals surface area contributed by atoms with Crippen LogP contribution in [0.15, 0.2) is 43.6 Å². The maximum Gasteiger partial charge on any atom is 0.180 e. The molecule has 2 N–H and O–H groups in total. The highest BCUT2D eigenvalue weighted by molar-refractivity contribution is 5.72. The number of rotatable bonds is 0. The number of fused-ring (bicyclic) bond motifs is 2. The van der Waals surface area contributed by atoms with E-state index in [1.807, 2.05) is 12.3 Å². The number of hydrogen-bond donors (Lipinski definition) is 2. The van der Waals surface area contributed by atoms with E-state index in [4.69, 9.17) is 0 Å². The molecule has 0 aromatic carbocycles. The zero-order valence-electron chi connectivity index (χ0n) is 9.28. The summed E-state index contributed by atoms with van der Waals surface area (Å²) in [7, 11) is 0. The summed E-state index contributed by atoms with van der Waals surface area (Å²) < 4.78 is 0. The van der Waals surface area contributed by atoms with Gasteiger partial charge in [0.05, 0.1) is 29.8 Å². The summed E-state index contributed by atoms with van der Waals surface area (Å²) >= 11 is 0. The highest BCUT2D eigenvalue weighted by atomic mass is 15.0. The molecular weight excluding hydrogens is 230 g/mol. The van der Waals surface area contributed by atoms with Crippen LogP contribution in [0.25, 0.3) is 22.2 Å². The fourth-order valence-corrected chi connectivity index (χ4v) is 1.48. The second kappa shape index (κ2) is 4.58. The molecule has 0 spiro atoms. The molecule has 7 heteroatoms.